The number of hydrogen-bond acceptors (Lipinski definition) is 2. The molecule has 0 spiro atoms. The Morgan fingerprint density at radius 2 is 0.891 bits per heavy atom. The molecular weight excluding hydrogens is 560 g/mol. The zero-order valence-electron chi connectivity index (χ0n) is 29.2. The van der Waals surface area contributed by atoms with Gasteiger partial charge in [-0.15, -0.1) is 0 Å². The molecule has 0 unspecified atom stereocenters. The number of para-hydroxylation sites is 2. The predicted molar refractivity (Wildman–Crippen MR) is 196 cm³/mol. The topological polar surface area (TPSA) is 57.4 Å². The summed E-state index contributed by atoms with van der Waals surface area (Å²) in [4.78, 5) is 19.2. The molecule has 0 aliphatic carbocycles. The molecule has 5 heterocycles. The van der Waals surface area contributed by atoms with E-state index in [-0.39, 0.29) is 10.8 Å². The summed E-state index contributed by atoms with van der Waals surface area (Å²) in [6.07, 6.45) is 7.92. The first-order chi connectivity index (χ1) is 22.4. The number of benzene rings is 2. The van der Waals surface area contributed by atoms with Crippen LogP contribution in [0.5, 0.6) is 0 Å². The van der Waals surface area contributed by atoms with Crippen LogP contribution in [-0.2, 0) is 36.5 Å². The summed E-state index contributed by atoms with van der Waals surface area (Å²) in [6.45, 7) is 18.5. The van der Waals surface area contributed by atoms with Crippen molar-refractivity contribution < 1.29 is 0 Å². The van der Waals surface area contributed by atoms with Crippen molar-refractivity contribution >= 4 is 43.9 Å². The average Bonchev–Trinajstić information content (AvgIpc) is 3.81. The van der Waals surface area contributed by atoms with E-state index in [0.717, 1.165) is 62.4 Å². The van der Waals surface area contributed by atoms with Crippen LogP contribution in [0.3, 0.4) is 0 Å². The molecule has 5 aromatic rings. The largest absolute Gasteiger partial charge is 0.355 e. The number of aromatic nitrogens is 4. The molecule has 4 heteroatoms. The van der Waals surface area contributed by atoms with Crippen molar-refractivity contribution in [1.29, 1.82) is 0 Å². The third-order valence-electron chi connectivity index (χ3n) is 12.0. The first kappa shape index (κ1) is 30.7. The van der Waals surface area contributed by atoms with Gasteiger partial charge in [0, 0.05) is 32.6 Å². The van der Waals surface area contributed by atoms with Crippen LogP contribution in [0.1, 0.15) is 126 Å². The van der Waals surface area contributed by atoms with Gasteiger partial charge in [-0.3, -0.25) is 9.97 Å². The van der Waals surface area contributed by atoms with Crippen molar-refractivity contribution in [3.8, 4) is 0 Å². The Kier molecular flexibility index (Phi) is 7.61. The molecular formula is C42H50N4. The molecule has 2 aliphatic heterocycles. The molecule has 7 rings (SSSR count). The molecule has 2 N–H and O–H groups in total. The number of fused-ring (bicyclic) bond motifs is 8. The summed E-state index contributed by atoms with van der Waals surface area (Å²) in [5, 5.41) is 2.44. The highest BCUT2D eigenvalue weighted by molar-refractivity contribution is 6.05. The normalized spacial score (nSPS) is 15.1. The molecule has 3 aromatic heterocycles. The fourth-order valence-electron chi connectivity index (χ4n) is 9.33. The number of rotatable bonds is 8. The molecule has 8 bridgehead atoms. The van der Waals surface area contributed by atoms with Crippen LogP contribution in [0, 0.1) is 0 Å². The predicted octanol–water partition coefficient (Wildman–Crippen LogP) is 11.1. The van der Waals surface area contributed by atoms with Gasteiger partial charge in [-0.25, -0.2) is 0 Å². The molecule has 0 saturated heterocycles. The number of nitrogens with zero attached hydrogens (tertiary/aromatic N) is 2. The number of H-pyrrole nitrogens is 2. The van der Waals surface area contributed by atoms with Gasteiger partial charge >= 0.3 is 0 Å². The first-order valence-electron chi connectivity index (χ1n) is 18.0. The second-order valence-electron chi connectivity index (χ2n) is 13.4. The number of aromatic amines is 2. The second kappa shape index (κ2) is 11.4. The summed E-state index contributed by atoms with van der Waals surface area (Å²) in [5.41, 5.74) is 17.6. The lowest BCUT2D eigenvalue weighted by atomic mass is 9.74. The van der Waals surface area contributed by atoms with E-state index in [9.17, 15) is 0 Å². The SMILES string of the molecule is CCc1c(CC)c2cc3nc4c(cccc4c4[nH]c(c(CC)c4CC)c4cccc5c4nc(cc1[nH]2)C5(CC)CC)C3(CC)CC. The summed E-state index contributed by atoms with van der Waals surface area (Å²) in [5.74, 6) is 0. The Morgan fingerprint density at radius 3 is 1.24 bits per heavy atom. The zero-order chi connectivity index (χ0) is 32.4. The van der Waals surface area contributed by atoms with Crippen molar-refractivity contribution in [2.24, 2.45) is 0 Å². The lowest BCUT2D eigenvalue weighted by Gasteiger charge is -2.27. The van der Waals surface area contributed by atoms with Gasteiger partial charge < -0.3 is 9.97 Å². The molecule has 0 atom stereocenters. The van der Waals surface area contributed by atoms with E-state index in [4.69, 9.17) is 9.97 Å². The van der Waals surface area contributed by atoms with Gasteiger partial charge in [0.1, 0.15) is 0 Å². The smallest absolute Gasteiger partial charge is 0.0768 e. The van der Waals surface area contributed by atoms with Crippen molar-refractivity contribution in [3.05, 3.63) is 93.3 Å². The number of aryl methyl sites for hydroxylation is 4. The summed E-state index contributed by atoms with van der Waals surface area (Å²) < 4.78 is 0. The maximum Gasteiger partial charge on any atom is 0.0768 e. The lowest BCUT2D eigenvalue weighted by Crippen LogP contribution is -2.23. The fourth-order valence-corrected chi connectivity index (χ4v) is 9.33. The van der Waals surface area contributed by atoms with E-state index >= 15 is 0 Å². The van der Waals surface area contributed by atoms with Crippen LogP contribution in [0.2, 0.25) is 0 Å². The quantitative estimate of drug-likeness (QED) is 0.184. The van der Waals surface area contributed by atoms with Crippen LogP contribution in [-0.4, -0.2) is 19.9 Å². The standard InChI is InChI=1S/C42H50N4/c1-9-25-26(10-2)34-24-36-42(15-7,16-8)32-22-18-20-30(40(32)45-36)38-28(12-4)27(11-3)37(46-38)29-19-17-21-31-39(29)44-35(23-33(25)43-34)41(31,13-5)14-6/h17-24,43,46H,9-16H2,1-8H3. The molecule has 46 heavy (non-hydrogen) atoms. The van der Waals surface area contributed by atoms with Crippen molar-refractivity contribution in [3.63, 3.8) is 0 Å². The Labute approximate surface area is 274 Å². The van der Waals surface area contributed by atoms with Gasteiger partial charge in [0.15, 0.2) is 0 Å². The van der Waals surface area contributed by atoms with Gasteiger partial charge in [-0.2, -0.15) is 0 Å². The fraction of sp³-hybridized carbons (Fsp3) is 0.429. The highest BCUT2D eigenvalue weighted by Gasteiger charge is 2.39. The average molecular weight is 611 g/mol. The van der Waals surface area contributed by atoms with Gasteiger partial charge in [-0.1, -0.05) is 91.8 Å². The van der Waals surface area contributed by atoms with Gasteiger partial charge in [0.25, 0.3) is 0 Å². The summed E-state index contributed by atoms with van der Waals surface area (Å²) in [7, 11) is 0. The molecule has 2 aliphatic rings. The van der Waals surface area contributed by atoms with Crippen molar-refractivity contribution in [2.75, 3.05) is 0 Å². The number of hydrogen-bond donors (Lipinski definition) is 2. The summed E-state index contributed by atoms with van der Waals surface area (Å²) >= 11 is 0. The molecule has 0 fully saturated rings. The van der Waals surface area contributed by atoms with E-state index in [1.807, 2.05) is 0 Å². The van der Waals surface area contributed by atoms with E-state index < -0.39 is 0 Å². The Bertz CT molecular complexity index is 2000. The highest BCUT2D eigenvalue weighted by atomic mass is 14.8. The van der Waals surface area contributed by atoms with Gasteiger partial charge in [0.05, 0.1) is 33.5 Å². The molecule has 4 nitrogen and oxygen atoms in total. The third kappa shape index (κ3) is 3.98. The first-order valence-corrected chi connectivity index (χ1v) is 18.0. The minimum Gasteiger partial charge on any atom is -0.355 e. The summed E-state index contributed by atoms with van der Waals surface area (Å²) in [6, 6.07) is 18.6. The van der Waals surface area contributed by atoms with Gasteiger partial charge in [0.2, 0.25) is 0 Å². The van der Waals surface area contributed by atoms with E-state index in [1.54, 1.807) is 0 Å². The second-order valence-corrected chi connectivity index (χ2v) is 13.4. The Morgan fingerprint density at radius 1 is 0.500 bits per heavy atom. The minimum atomic E-state index is -0.125. The lowest BCUT2D eigenvalue weighted by molar-refractivity contribution is 0.482. The van der Waals surface area contributed by atoms with Crippen LogP contribution in [0.25, 0.3) is 43.9 Å². The van der Waals surface area contributed by atoms with Crippen LogP contribution in [0.4, 0.5) is 0 Å². The van der Waals surface area contributed by atoms with Gasteiger partial charge in [-0.05, 0) is 96.9 Å². The molecule has 0 saturated carbocycles. The van der Waals surface area contributed by atoms with E-state index in [0.29, 0.717) is 0 Å². The number of nitrogens with one attached hydrogen (secondary N) is 2. The van der Waals surface area contributed by atoms with E-state index in [2.05, 4.69) is 114 Å². The zero-order valence-corrected chi connectivity index (χ0v) is 29.2. The maximum absolute atomic E-state index is 5.59. The van der Waals surface area contributed by atoms with Crippen LogP contribution in [0.15, 0.2) is 48.5 Å². The van der Waals surface area contributed by atoms with Crippen molar-refractivity contribution in [2.45, 2.75) is 118 Å². The van der Waals surface area contributed by atoms with E-state index in [1.165, 1.54) is 77.6 Å². The van der Waals surface area contributed by atoms with Crippen LogP contribution >= 0.6 is 0 Å². The third-order valence-corrected chi connectivity index (χ3v) is 12.0. The monoisotopic (exact) mass is 610 g/mol. The Hall–Kier alpha value is -3.92. The maximum atomic E-state index is 5.59. The molecule has 0 radical (unpaired) electrons. The minimum absolute atomic E-state index is 0.125. The molecule has 238 valence electrons. The van der Waals surface area contributed by atoms with Crippen LogP contribution < -0.4 is 0 Å². The Balaban J connectivity index is 1.81. The molecule has 2 aromatic carbocycles. The van der Waals surface area contributed by atoms with Crippen molar-refractivity contribution in [1.82, 2.24) is 19.9 Å². The molecule has 0 amide bonds. The highest BCUT2D eigenvalue weighted by Crippen LogP contribution is 2.48.